The molecule has 0 saturated carbocycles. The lowest BCUT2D eigenvalue weighted by Crippen LogP contribution is -1.94. The van der Waals surface area contributed by atoms with Crippen LogP contribution in [0.3, 0.4) is 0 Å². The van der Waals surface area contributed by atoms with Gasteiger partial charge in [0.25, 0.3) is 0 Å². The Morgan fingerprint density at radius 2 is 1.83 bits per heavy atom. The molecular formula is C15H13N3. The maximum absolute atomic E-state index is 5.68. The SMILES string of the molecule is Nc1cc(Cc2cnc3ccccc3c2)ccn1. The van der Waals surface area contributed by atoms with Gasteiger partial charge >= 0.3 is 0 Å². The number of benzene rings is 1. The average Bonchev–Trinajstić information content (AvgIpc) is 2.39. The fraction of sp³-hybridized carbons (Fsp3) is 0.0667. The Balaban J connectivity index is 1.95. The van der Waals surface area contributed by atoms with E-state index in [4.69, 9.17) is 5.73 Å². The van der Waals surface area contributed by atoms with Crippen molar-refractivity contribution >= 4 is 16.7 Å². The van der Waals surface area contributed by atoms with Crippen LogP contribution < -0.4 is 5.73 Å². The second-order valence-electron chi connectivity index (χ2n) is 4.30. The molecule has 0 bridgehead atoms. The van der Waals surface area contributed by atoms with Gasteiger partial charge in [-0.15, -0.1) is 0 Å². The van der Waals surface area contributed by atoms with Gasteiger partial charge in [0.05, 0.1) is 5.52 Å². The molecule has 0 spiro atoms. The van der Waals surface area contributed by atoms with Crippen LogP contribution in [0.4, 0.5) is 5.82 Å². The van der Waals surface area contributed by atoms with E-state index in [0.717, 1.165) is 22.9 Å². The molecule has 0 aliphatic heterocycles. The van der Waals surface area contributed by atoms with Crippen molar-refractivity contribution in [2.24, 2.45) is 0 Å². The summed E-state index contributed by atoms with van der Waals surface area (Å²) in [7, 11) is 0. The van der Waals surface area contributed by atoms with E-state index in [1.54, 1.807) is 6.20 Å². The van der Waals surface area contributed by atoms with Crippen molar-refractivity contribution in [3.05, 3.63) is 66.0 Å². The highest BCUT2D eigenvalue weighted by atomic mass is 14.8. The summed E-state index contributed by atoms with van der Waals surface area (Å²) in [5, 5.41) is 1.16. The van der Waals surface area contributed by atoms with E-state index in [1.807, 2.05) is 36.5 Å². The highest BCUT2D eigenvalue weighted by molar-refractivity contribution is 5.78. The minimum atomic E-state index is 0.557. The van der Waals surface area contributed by atoms with Crippen molar-refractivity contribution in [3.63, 3.8) is 0 Å². The first kappa shape index (κ1) is 10.7. The molecule has 0 atom stereocenters. The molecule has 3 rings (SSSR count). The van der Waals surface area contributed by atoms with E-state index in [2.05, 4.69) is 22.1 Å². The Morgan fingerprint density at radius 3 is 2.72 bits per heavy atom. The molecule has 0 unspecified atom stereocenters. The summed E-state index contributed by atoms with van der Waals surface area (Å²) in [6.07, 6.45) is 4.47. The number of hydrogen-bond acceptors (Lipinski definition) is 3. The van der Waals surface area contributed by atoms with E-state index >= 15 is 0 Å². The zero-order chi connectivity index (χ0) is 12.4. The summed E-state index contributed by atoms with van der Waals surface area (Å²) in [5.41, 5.74) is 9.03. The lowest BCUT2D eigenvalue weighted by Gasteiger charge is -2.04. The van der Waals surface area contributed by atoms with Crippen LogP contribution in [0.5, 0.6) is 0 Å². The summed E-state index contributed by atoms with van der Waals surface area (Å²) in [4.78, 5) is 8.45. The first-order valence-corrected chi connectivity index (χ1v) is 5.85. The molecule has 2 heterocycles. The van der Waals surface area contributed by atoms with Crippen LogP contribution in [0, 0.1) is 0 Å². The molecule has 0 saturated heterocycles. The van der Waals surface area contributed by atoms with Gasteiger partial charge in [0.1, 0.15) is 5.82 Å². The molecule has 0 aliphatic rings. The molecule has 1 aromatic carbocycles. The molecule has 3 heteroatoms. The van der Waals surface area contributed by atoms with Crippen LogP contribution in [-0.2, 0) is 6.42 Å². The largest absolute Gasteiger partial charge is 0.384 e. The lowest BCUT2D eigenvalue weighted by atomic mass is 10.1. The van der Waals surface area contributed by atoms with Crippen LogP contribution in [0.1, 0.15) is 11.1 Å². The second-order valence-corrected chi connectivity index (χ2v) is 4.30. The van der Waals surface area contributed by atoms with Gasteiger partial charge in [-0.3, -0.25) is 4.98 Å². The number of para-hydroxylation sites is 1. The summed E-state index contributed by atoms with van der Waals surface area (Å²) >= 11 is 0. The van der Waals surface area contributed by atoms with Gasteiger partial charge in [-0.25, -0.2) is 4.98 Å². The normalized spacial score (nSPS) is 10.7. The number of aromatic nitrogens is 2. The molecular weight excluding hydrogens is 222 g/mol. The summed E-state index contributed by atoms with van der Waals surface area (Å²) in [5.74, 6) is 0.557. The minimum absolute atomic E-state index is 0.557. The maximum atomic E-state index is 5.68. The standard InChI is InChI=1S/C15H13N3/c16-15-9-11(5-6-17-15)7-12-8-13-3-1-2-4-14(13)18-10-12/h1-6,8-10H,7H2,(H2,16,17). The molecule has 2 N–H and O–H groups in total. The molecule has 2 aromatic heterocycles. The van der Waals surface area contributed by atoms with Crippen molar-refractivity contribution in [1.82, 2.24) is 9.97 Å². The molecule has 3 aromatic rings. The number of anilines is 1. The molecule has 0 fully saturated rings. The van der Waals surface area contributed by atoms with Gasteiger partial charge in [-0.05, 0) is 41.8 Å². The van der Waals surface area contributed by atoms with Crippen LogP contribution in [0.15, 0.2) is 54.9 Å². The smallest absolute Gasteiger partial charge is 0.123 e. The van der Waals surface area contributed by atoms with E-state index in [1.165, 1.54) is 5.56 Å². The predicted molar refractivity (Wildman–Crippen MR) is 73.2 cm³/mol. The topological polar surface area (TPSA) is 51.8 Å². The van der Waals surface area contributed by atoms with Gasteiger partial charge in [-0.2, -0.15) is 0 Å². The highest BCUT2D eigenvalue weighted by Gasteiger charge is 2.00. The number of nitrogen functional groups attached to an aromatic ring is 1. The van der Waals surface area contributed by atoms with Gasteiger partial charge < -0.3 is 5.73 Å². The molecule has 3 nitrogen and oxygen atoms in total. The van der Waals surface area contributed by atoms with Gasteiger partial charge in [0.15, 0.2) is 0 Å². The third kappa shape index (κ3) is 2.15. The van der Waals surface area contributed by atoms with Crippen molar-refractivity contribution in [3.8, 4) is 0 Å². The monoisotopic (exact) mass is 235 g/mol. The summed E-state index contributed by atoms with van der Waals surface area (Å²) in [6.45, 7) is 0. The highest BCUT2D eigenvalue weighted by Crippen LogP contribution is 2.16. The Bertz CT molecular complexity index is 692. The lowest BCUT2D eigenvalue weighted by molar-refractivity contribution is 1.15. The number of nitrogens with two attached hydrogens (primary N) is 1. The maximum Gasteiger partial charge on any atom is 0.123 e. The molecule has 0 aliphatic carbocycles. The first-order chi connectivity index (χ1) is 8.81. The predicted octanol–water partition coefficient (Wildman–Crippen LogP) is 2.80. The first-order valence-electron chi connectivity index (χ1n) is 5.85. The Kier molecular flexibility index (Phi) is 2.65. The Morgan fingerprint density at radius 1 is 0.944 bits per heavy atom. The Labute approximate surface area is 105 Å². The van der Waals surface area contributed by atoms with Crippen LogP contribution >= 0.6 is 0 Å². The number of rotatable bonds is 2. The molecule has 18 heavy (non-hydrogen) atoms. The summed E-state index contributed by atoms with van der Waals surface area (Å²) in [6, 6.07) is 14.2. The fourth-order valence-electron chi connectivity index (χ4n) is 2.05. The van der Waals surface area contributed by atoms with Crippen LogP contribution in [0.2, 0.25) is 0 Å². The number of fused-ring (bicyclic) bond motifs is 1. The second kappa shape index (κ2) is 4.45. The number of hydrogen-bond donors (Lipinski definition) is 1. The van der Waals surface area contributed by atoms with E-state index in [0.29, 0.717) is 5.82 Å². The van der Waals surface area contributed by atoms with E-state index in [9.17, 15) is 0 Å². The zero-order valence-electron chi connectivity index (χ0n) is 9.88. The summed E-state index contributed by atoms with van der Waals surface area (Å²) < 4.78 is 0. The van der Waals surface area contributed by atoms with Crippen molar-refractivity contribution in [1.29, 1.82) is 0 Å². The van der Waals surface area contributed by atoms with Gasteiger partial charge in [0.2, 0.25) is 0 Å². The Hall–Kier alpha value is -2.42. The van der Waals surface area contributed by atoms with Crippen LogP contribution in [0.25, 0.3) is 10.9 Å². The molecule has 0 radical (unpaired) electrons. The fourth-order valence-corrected chi connectivity index (χ4v) is 2.05. The number of pyridine rings is 2. The van der Waals surface area contributed by atoms with E-state index in [-0.39, 0.29) is 0 Å². The molecule has 0 amide bonds. The molecule has 88 valence electrons. The van der Waals surface area contributed by atoms with Gasteiger partial charge in [0, 0.05) is 17.8 Å². The van der Waals surface area contributed by atoms with Gasteiger partial charge in [-0.1, -0.05) is 18.2 Å². The van der Waals surface area contributed by atoms with Crippen molar-refractivity contribution < 1.29 is 0 Å². The number of nitrogens with zero attached hydrogens (tertiary/aromatic N) is 2. The zero-order valence-corrected chi connectivity index (χ0v) is 9.88. The van der Waals surface area contributed by atoms with Crippen molar-refractivity contribution in [2.45, 2.75) is 6.42 Å². The third-order valence-electron chi connectivity index (χ3n) is 2.90. The van der Waals surface area contributed by atoms with Crippen LogP contribution in [-0.4, -0.2) is 9.97 Å². The van der Waals surface area contributed by atoms with Crippen molar-refractivity contribution in [2.75, 3.05) is 5.73 Å². The third-order valence-corrected chi connectivity index (χ3v) is 2.90. The average molecular weight is 235 g/mol. The van der Waals surface area contributed by atoms with E-state index < -0.39 is 0 Å². The minimum Gasteiger partial charge on any atom is -0.384 e. The quantitative estimate of drug-likeness (QED) is 0.743.